The van der Waals surface area contributed by atoms with Gasteiger partial charge in [-0.1, -0.05) is 12.1 Å². The number of imidazole rings is 1. The fourth-order valence-corrected chi connectivity index (χ4v) is 2.23. The van der Waals surface area contributed by atoms with E-state index in [9.17, 15) is 13.2 Å². The predicted molar refractivity (Wildman–Crippen MR) is 57.1 cm³/mol. The first-order valence-electron chi connectivity index (χ1n) is 4.47. The highest BCUT2D eigenvalue weighted by atomic mass is 32.2. The number of rotatable bonds is 2. The van der Waals surface area contributed by atoms with Crippen molar-refractivity contribution in [1.82, 2.24) is 14.7 Å². The molecule has 0 aliphatic rings. The molecule has 2 aromatic rings. The van der Waals surface area contributed by atoms with Crippen LogP contribution in [0, 0.1) is 0 Å². The van der Waals surface area contributed by atoms with E-state index in [4.69, 9.17) is 0 Å². The van der Waals surface area contributed by atoms with Gasteiger partial charge < -0.3 is 4.98 Å². The first kappa shape index (κ1) is 10.6. The number of H-pyrrole nitrogens is 1. The maximum absolute atomic E-state index is 11.6. The molecule has 0 radical (unpaired) electrons. The normalized spacial score (nSPS) is 11.6. The number of nitrogens with zero attached hydrogens (tertiary/aromatic N) is 1. The molecule has 1 aromatic carbocycles. The summed E-state index contributed by atoms with van der Waals surface area (Å²) in [5.74, 6) is -0.652. The molecule has 0 unspecified atom stereocenters. The molecule has 1 aromatic heterocycles. The van der Waals surface area contributed by atoms with E-state index in [-0.39, 0.29) is 5.16 Å². The number of aromatic amines is 1. The summed E-state index contributed by atoms with van der Waals surface area (Å²) in [6.45, 7) is 1.13. The molecule has 16 heavy (non-hydrogen) atoms. The number of sulfonamides is 1. The van der Waals surface area contributed by atoms with Gasteiger partial charge in [-0.2, -0.15) is 8.42 Å². The summed E-state index contributed by atoms with van der Waals surface area (Å²) in [4.78, 5) is 17.2. The zero-order valence-corrected chi connectivity index (χ0v) is 9.21. The highest BCUT2D eigenvalue weighted by Gasteiger charge is 2.19. The van der Waals surface area contributed by atoms with Crippen LogP contribution in [0.25, 0.3) is 11.0 Å². The zero-order chi connectivity index (χ0) is 11.8. The molecule has 6 nitrogen and oxygen atoms in total. The zero-order valence-electron chi connectivity index (χ0n) is 8.39. The molecular weight excluding hydrogens is 230 g/mol. The lowest BCUT2D eigenvalue weighted by atomic mass is 10.3. The van der Waals surface area contributed by atoms with Crippen LogP contribution in [0.5, 0.6) is 0 Å². The van der Waals surface area contributed by atoms with Gasteiger partial charge in [0.1, 0.15) is 0 Å². The SMILES string of the molecule is CC(=O)NS(=O)(=O)c1nc2ccccc2[nH]1. The van der Waals surface area contributed by atoms with E-state index in [1.54, 1.807) is 24.3 Å². The van der Waals surface area contributed by atoms with Crippen LogP contribution in [-0.2, 0) is 14.8 Å². The molecule has 2 rings (SSSR count). The Labute approximate surface area is 91.7 Å². The third kappa shape index (κ3) is 1.89. The van der Waals surface area contributed by atoms with Gasteiger partial charge in [-0.3, -0.25) is 4.79 Å². The molecule has 2 N–H and O–H groups in total. The number of carbonyl (C=O) groups is 1. The van der Waals surface area contributed by atoms with E-state index in [0.717, 1.165) is 6.92 Å². The van der Waals surface area contributed by atoms with E-state index in [1.165, 1.54) is 0 Å². The number of amides is 1. The Morgan fingerprint density at radius 1 is 1.38 bits per heavy atom. The molecule has 0 aliphatic carbocycles. The van der Waals surface area contributed by atoms with Crippen molar-refractivity contribution in [3.05, 3.63) is 24.3 Å². The third-order valence-electron chi connectivity index (χ3n) is 1.90. The summed E-state index contributed by atoms with van der Waals surface area (Å²) in [6, 6.07) is 6.89. The smallest absolute Gasteiger partial charge is 0.297 e. The summed E-state index contributed by atoms with van der Waals surface area (Å²) in [5, 5.41) is -0.260. The Balaban J connectivity index is 2.52. The Bertz CT molecular complexity index is 612. The number of carbonyl (C=O) groups excluding carboxylic acids is 1. The van der Waals surface area contributed by atoms with Crippen LogP contribution >= 0.6 is 0 Å². The van der Waals surface area contributed by atoms with Gasteiger partial charge in [-0.15, -0.1) is 0 Å². The van der Waals surface area contributed by atoms with Gasteiger partial charge >= 0.3 is 0 Å². The molecule has 0 spiro atoms. The van der Waals surface area contributed by atoms with Crippen LogP contribution in [0.3, 0.4) is 0 Å². The number of fused-ring (bicyclic) bond motifs is 1. The molecule has 0 aliphatic heterocycles. The molecule has 7 heteroatoms. The largest absolute Gasteiger partial charge is 0.327 e. The number of para-hydroxylation sites is 2. The summed E-state index contributed by atoms with van der Waals surface area (Å²) in [7, 11) is -3.89. The van der Waals surface area contributed by atoms with Crippen molar-refractivity contribution in [3.8, 4) is 0 Å². The lowest BCUT2D eigenvalue weighted by molar-refractivity contribution is -0.117. The molecule has 0 atom stereocenters. The maximum Gasteiger partial charge on any atom is 0.297 e. The molecule has 1 heterocycles. The van der Waals surface area contributed by atoms with E-state index in [2.05, 4.69) is 9.97 Å². The second kappa shape index (κ2) is 3.60. The topological polar surface area (TPSA) is 91.9 Å². The van der Waals surface area contributed by atoms with Crippen molar-refractivity contribution < 1.29 is 13.2 Å². The van der Waals surface area contributed by atoms with Crippen LogP contribution in [0.1, 0.15) is 6.92 Å². The van der Waals surface area contributed by atoms with Crippen LogP contribution < -0.4 is 4.72 Å². The van der Waals surface area contributed by atoms with Crippen LogP contribution in [-0.4, -0.2) is 24.3 Å². The number of hydrogen-bond donors (Lipinski definition) is 2. The van der Waals surface area contributed by atoms with Crippen molar-refractivity contribution in [3.63, 3.8) is 0 Å². The minimum atomic E-state index is -3.89. The molecule has 0 saturated heterocycles. The molecule has 0 fully saturated rings. The van der Waals surface area contributed by atoms with Gasteiger partial charge in [-0.25, -0.2) is 9.71 Å². The summed E-state index contributed by atoms with van der Waals surface area (Å²) < 4.78 is 25.0. The first-order valence-corrected chi connectivity index (χ1v) is 5.95. The van der Waals surface area contributed by atoms with Crippen molar-refractivity contribution >= 4 is 27.0 Å². The van der Waals surface area contributed by atoms with E-state index in [0.29, 0.717) is 11.0 Å². The van der Waals surface area contributed by atoms with Gasteiger partial charge in [0, 0.05) is 6.92 Å². The van der Waals surface area contributed by atoms with E-state index in [1.807, 2.05) is 4.72 Å². The summed E-state index contributed by atoms with van der Waals surface area (Å²) in [5.41, 5.74) is 1.14. The number of nitrogens with one attached hydrogen (secondary N) is 2. The van der Waals surface area contributed by atoms with Gasteiger partial charge in [0.25, 0.3) is 10.0 Å². The molecule has 0 saturated carbocycles. The highest BCUT2D eigenvalue weighted by molar-refractivity contribution is 7.89. The fraction of sp³-hybridized carbons (Fsp3) is 0.111. The maximum atomic E-state index is 11.6. The minimum Gasteiger partial charge on any atom is -0.327 e. The van der Waals surface area contributed by atoms with Crippen LogP contribution in [0.4, 0.5) is 0 Å². The fourth-order valence-electron chi connectivity index (χ4n) is 1.29. The van der Waals surface area contributed by atoms with Gasteiger partial charge in [0.05, 0.1) is 11.0 Å². The lowest BCUT2D eigenvalue weighted by Gasteiger charge is -1.99. The monoisotopic (exact) mass is 239 g/mol. The Morgan fingerprint density at radius 3 is 2.69 bits per heavy atom. The van der Waals surface area contributed by atoms with Crippen LogP contribution in [0.15, 0.2) is 29.4 Å². The Hall–Kier alpha value is -1.89. The Morgan fingerprint density at radius 2 is 2.06 bits per heavy atom. The lowest BCUT2D eigenvalue weighted by Crippen LogP contribution is -2.28. The highest BCUT2D eigenvalue weighted by Crippen LogP contribution is 2.13. The predicted octanol–water partition coefficient (Wildman–Crippen LogP) is 0.388. The quantitative estimate of drug-likeness (QED) is 0.792. The number of hydrogen-bond acceptors (Lipinski definition) is 4. The van der Waals surface area contributed by atoms with Crippen LogP contribution in [0.2, 0.25) is 0 Å². The molecular formula is C9H9N3O3S. The Kier molecular flexibility index (Phi) is 2.39. The first-order chi connectivity index (χ1) is 7.49. The second-order valence-corrected chi connectivity index (χ2v) is 4.82. The van der Waals surface area contributed by atoms with Crippen molar-refractivity contribution in [2.75, 3.05) is 0 Å². The summed E-state index contributed by atoms with van der Waals surface area (Å²) >= 11 is 0. The third-order valence-corrected chi connectivity index (χ3v) is 3.16. The molecule has 84 valence electrons. The second-order valence-electron chi connectivity index (χ2n) is 3.22. The van der Waals surface area contributed by atoms with Gasteiger partial charge in [-0.05, 0) is 12.1 Å². The van der Waals surface area contributed by atoms with Crippen molar-refractivity contribution in [2.24, 2.45) is 0 Å². The van der Waals surface area contributed by atoms with Crippen molar-refractivity contribution in [1.29, 1.82) is 0 Å². The van der Waals surface area contributed by atoms with E-state index < -0.39 is 15.9 Å². The van der Waals surface area contributed by atoms with Gasteiger partial charge in [0.15, 0.2) is 0 Å². The van der Waals surface area contributed by atoms with Gasteiger partial charge in [0.2, 0.25) is 11.1 Å². The average Bonchev–Trinajstić information content (AvgIpc) is 2.59. The number of aromatic nitrogens is 2. The molecule has 0 bridgehead atoms. The molecule has 1 amide bonds. The summed E-state index contributed by atoms with van der Waals surface area (Å²) in [6.07, 6.45) is 0. The van der Waals surface area contributed by atoms with E-state index >= 15 is 0 Å². The van der Waals surface area contributed by atoms with Crippen molar-refractivity contribution in [2.45, 2.75) is 12.1 Å². The average molecular weight is 239 g/mol. The number of benzene rings is 1. The standard InChI is InChI=1S/C9H9N3O3S/c1-6(13)12-16(14,15)9-10-7-4-2-3-5-8(7)11-9/h2-5H,1H3,(H,10,11)(H,12,13). The minimum absolute atomic E-state index is 0.260.